The van der Waals surface area contributed by atoms with Gasteiger partial charge < -0.3 is 9.47 Å². The highest BCUT2D eigenvalue weighted by molar-refractivity contribution is 5.20. The van der Waals surface area contributed by atoms with Gasteiger partial charge in [-0.1, -0.05) is 32.6 Å². The molecule has 1 aliphatic carbocycles. The molecule has 0 unspecified atom stereocenters. The molecule has 0 spiro atoms. The second-order valence-electron chi connectivity index (χ2n) is 7.02. The van der Waals surface area contributed by atoms with E-state index in [0.29, 0.717) is 19.1 Å². The van der Waals surface area contributed by atoms with Crippen molar-refractivity contribution < 1.29 is 22.6 Å². The van der Waals surface area contributed by atoms with E-state index in [1.165, 1.54) is 25.7 Å². The summed E-state index contributed by atoms with van der Waals surface area (Å²) in [5.74, 6) is -2.02. The van der Waals surface area contributed by atoms with Crippen LogP contribution < -0.4 is 0 Å². The number of halogens is 3. The fourth-order valence-electron chi connectivity index (χ4n) is 3.62. The van der Waals surface area contributed by atoms with Gasteiger partial charge in [-0.25, -0.2) is 13.2 Å². The van der Waals surface area contributed by atoms with E-state index >= 15 is 0 Å². The number of rotatable bonds is 3. The summed E-state index contributed by atoms with van der Waals surface area (Å²) in [6.45, 7) is 3.32. The first kappa shape index (κ1) is 16.8. The Kier molecular flexibility index (Phi) is 5.27. The van der Waals surface area contributed by atoms with Crippen LogP contribution in [0.2, 0.25) is 0 Å². The Labute approximate surface area is 135 Å². The molecule has 0 radical (unpaired) electrons. The predicted octanol–water partition coefficient (Wildman–Crippen LogP) is 4.98. The van der Waals surface area contributed by atoms with E-state index in [1.54, 1.807) is 0 Å². The average Bonchev–Trinajstić information content (AvgIpc) is 2.55. The van der Waals surface area contributed by atoms with Gasteiger partial charge >= 0.3 is 0 Å². The summed E-state index contributed by atoms with van der Waals surface area (Å²) >= 11 is 0. The lowest BCUT2D eigenvalue weighted by molar-refractivity contribution is -0.208. The smallest absolute Gasteiger partial charge is 0.194 e. The molecule has 0 bridgehead atoms. The second kappa shape index (κ2) is 7.22. The largest absolute Gasteiger partial charge is 0.348 e. The highest BCUT2D eigenvalue weighted by Crippen LogP contribution is 2.35. The lowest BCUT2D eigenvalue weighted by Crippen LogP contribution is -2.29. The third-order valence-electron chi connectivity index (χ3n) is 5.05. The van der Waals surface area contributed by atoms with Crippen LogP contribution in [0.15, 0.2) is 12.1 Å². The van der Waals surface area contributed by atoms with E-state index in [9.17, 15) is 13.2 Å². The molecular formula is C18H23F3O2. The minimum absolute atomic E-state index is 0.186. The zero-order valence-corrected chi connectivity index (χ0v) is 13.4. The van der Waals surface area contributed by atoms with Crippen molar-refractivity contribution in [3.63, 3.8) is 0 Å². The van der Waals surface area contributed by atoms with Gasteiger partial charge in [0.15, 0.2) is 23.7 Å². The number of benzene rings is 1. The van der Waals surface area contributed by atoms with Gasteiger partial charge in [-0.2, -0.15) is 0 Å². The fraction of sp³-hybridized carbons (Fsp3) is 0.667. The predicted molar refractivity (Wildman–Crippen MR) is 80.2 cm³/mol. The molecule has 1 saturated carbocycles. The molecule has 0 N–H and O–H groups in total. The molecule has 1 aromatic carbocycles. The molecule has 0 aromatic heterocycles. The summed E-state index contributed by atoms with van der Waals surface area (Å²) in [4.78, 5) is 0. The molecule has 23 heavy (non-hydrogen) atoms. The molecule has 2 fully saturated rings. The number of hydrogen-bond donors (Lipinski definition) is 0. The van der Waals surface area contributed by atoms with Gasteiger partial charge in [-0.15, -0.1) is 0 Å². The molecule has 5 heteroatoms. The summed E-state index contributed by atoms with van der Waals surface area (Å²) in [6.07, 6.45) is 5.35. The van der Waals surface area contributed by atoms with E-state index in [1.807, 2.05) is 0 Å². The minimum atomic E-state index is -1.46. The Hall–Kier alpha value is -1.07. The van der Waals surface area contributed by atoms with Crippen molar-refractivity contribution in [2.24, 2.45) is 17.8 Å². The monoisotopic (exact) mass is 328 g/mol. The van der Waals surface area contributed by atoms with Gasteiger partial charge in [0.05, 0.1) is 13.2 Å². The second-order valence-corrected chi connectivity index (χ2v) is 7.02. The maximum absolute atomic E-state index is 13.3. The minimum Gasteiger partial charge on any atom is -0.348 e. The summed E-state index contributed by atoms with van der Waals surface area (Å²) in [6, 6.07) is 1.87. The van der Waals surface area contributed by atoms with Crippen molar-refractivity contribution in [2.45, 2.75) is 45.3 Å². The Balaban J connectivity index is 1.52. The zero-order valence-electron chi connectivity index (χ0n) is 13.4. The zero-order chi connectivity index (χ0) is 16.4. The molecule has 128 valence electrons. The van der Waals surface area contributed by atoms with E-state index in [4.69, 9.17) is 9.47 Å². The lowest BCUT2D eigenvalue weighted by Gasteiger charge is -2.33. The Morgan fingerprint density at radius 3 is 2.04 bits per heavy atom. The van der Waals surface area contributed by atoms with Crippen LogP contribution in [-0.2, 0) is 9.47 Å². The van der Waals surface area contributed by atoms with Crippen molar-refractivity contribution in [1.29, 1.82) is 0 Å². The van der Waals surface area contributed by atoms with Crippen LogP contribution >= 0.6 is 0 Å². The standard InChI is InChI=1S/C18H23F3O2/c1-11-2-4-12(5-3-11)6-13-9-22-18(23-10-13)14-7-15(19)17(21)16(20)8-14/h7-8,11-13,18H,2-6,9-10H2,1H3. The quantitative estimate of drug-likeness (QED) is 0.728. The normalized spacial score (nSPS) is 32.0. The molecule has 2 aliphatic rings. The van der Waals surface area contributed by atoms with Crippen LogP contribution in [0.3, 0.4) is 0 Å². The van der Waals surface area contributed by atoms with Crippen molar-refractivity contribution in [3.05, 3.63) is 35.1 Å². The number of ether oxygens (including phenoxy) is 2. The Morgan fingerprint density at radius 1 is 0.913 bits per heavy atom. The molecule has 1 saturated heterocycles. The van der Waals surface area contributed by atoms with Crippen LogP contribution in [0.4, 0.5) is 13.2 Å². The van der Waals surface area contributed by atoms with Crippen LogP contribution in [0.5, 0.6) is 0 Å². The third-order valence-corrected chi connectivity index (χ3v) is 5.05. The molecule has 2 nitrogen and oxygen atoms in total. The van der Waals surface area contributed by atoms with Gasteiger partial charge in [0.25, 0.3) is 0 Å². The van der Waals surface area contributed by atoms with Crippen molar-refractivity contribution in [2.75, 3.05) is 13.2 Å². The van der Waals surface area contributed by atoms with E-state index in [2.05, 4.69) is 6.92 Å². The van der Waals surface area contributed by atoms with Crippen molar-refractivity contribution in [1.82, 2.24) is 0 Å². The first-order chi connectivity index (χ1) is 11.0. The van der Waals surface area contributed by atoms with Crippen LogP contribution in [-0.4, -0.2) is 13.2 Å². The molecule has 0 atom stereocenters. The maximum atomic E-state index is 13.3. The lowest BCUT2D eigenvalue weighted by atomic mass is 9.79. The topological polar surface area (TPSA) is 18.5 Å². The molecule has 1 aromatic rings. The Morgan fingerprint density at radius 2 is 1.48 bits per heavy atom. The number of hydrogen-bond acceptors (Lipinski definition) is 2. The molecular weight excluding hydrogens is 305 g/mol. The van der Waals surface area contributed by atoms with Crippen LogP contribution in [0, 0.1) is 35.2 Å². The van der Waals surface area contributed by atoms with Gasteiger partial charge in [0.2, 0.25) is 0 Å². The van der Waals surface area contributed by atoms with Crippen LogP contribution in [0.1, 0.15) is 50.9 Å². The molecule has 1 heterocycles. The highest BCUT2D eigenvalue weighted by Gasteiger charge is 2.28. The molecule has 1 aliphatic heterocycles. The van der Waals surface area contributed by atoms with Gasteiger partial charge in [-0.3, -0.25) is 0 Å². The van der Waals surface area contributed by atoms with Gasteiger partial charge in [0, 0.05) is 11.5 Å². The molecule has 3 rings (SSSR count). The highest BCUT2D eigenvalue weighted by atomic mass is 19.2. The molecule has 0 amide bonds. The SMILES string of the molecule is CC1CCC(CC2COC(c3cc(F)c(F)c(F)c3)OC2)CC1. The summed E-state index contributed by atoms with van der Waals surface area (Å²) in [5, 5.41) is 0. The summed E-state index contributed by atoms with van der Waals surface area (Å²) in [5.41, 5.74) is 0.186. The van der Waals surface area contributed by atoms with Crippen molar-refractivity contribution in [3.8, 4) is 0 Å². The maximum Gasteiger partial charge on any atom is 0.194 e. The van der Waals surface area contributed by atoms with E-state index < -0.39 is 23.7 Å². The Bertz CT molecular complexity index is 510. The van der Waals surface area contributed by atoms with Gasteiger partial charge in [0.1, 0.15) is 0 Å². The summed E-state index contributed by atoms with van der Waals surface area (Å²) < 4.78 is 50.8. The van der Waals surface area contributed by atoms with Gasteiger partial charge in [-0.05, 0) is 30.4 Å². The first-order valence-corrected chi connectivity index (χ1v) is 8.40. The average molecular weight is 328 g/mol. The van der Waals surface area contributed by atoms with Crippen LogP contribution in [0.25, 0.3) is 0 Å². The first-order valence-electron chi connectivity index (χ1n) is 8.40. The van der Waals surface area contributed by atoms with E-state index in [-0.39, 0.29) is 5.56 Å². The third kappa shape index (κ3) is 4.07. The van der Waals surface area contributed by atoms with E-state index in [0.717, 1.165) is 30.4 Å². The van der Waals surface area contributed by atoms with Crippen molar-refractivity contribution >= 4 is 0 Å². The fourth-order valence-corrected chi connectivity index (χ4v) is 3.62. The summed E-state index contributed by atoms with van der Waals surface area (Å²) in [7, 11) is 0.